The van der Waals surface area contributed by atoms with Crippen molar-refractivity contribution in [2.45, 2.75) is 26.4 Å². The van der Waals surface area contributed by atoms with Crippen molar-refractivity contribution in [3.05, 3.63) is 38.4 Å². The Morgan fingerprint density at radius 1 is 0.967 bits per heavy atom. The summed E-state index contributed by atoms with van der Waals surface area (Å²) in [6.07, 6.45) is 0. The molecule has 1 aromatic carbocycles. The third-order valence-corrected chi connectivity index (χ3v) is 3.33. The molecule has 0 heterocycles. The van der Waals surface area contributed by atoms with E-state index in [0.29, 0.717) is 19.8 Å². The van der Waals surface area contributed by atoms with E-state index in [-0.39, 0.29) is 43.4 Å². The number of rotatable bonds is 14. The third kappa shape index (κ3) is 10.6. The molecule has 0 atom stereocenters. The lowest BCUT2D eigenvalue weighted by molar-refractivity contribution is -0.393. The maximum absolute atomic E-state index is 11.4. The Morgan fingerprint density at radius 2 is 1.57 bits per heavy atom. The molecule has 12 heteroatoms. The fourth-order valence-corrected chi connectivity index (χ4v) is 2.16. The van der Waals surface area contributed by atoms with E-state index in [2.05, 4.69) is 5.32 Å². The van der Waals surface area contributed by atoms with Gasteiger partial charge in [0.2, 0.25) is 0 Å². The van der Waals surface area contributed by atoms with Gasteiger partial charge in [0, 0.05) is 12.6 Å². The number of nitrogens with zero attached hydrogens (tertiary/aromatic N) is 2. The van der Waals surface area contributed by atoms with E-state index < -0.39 is 21.4 Å². The highest BCUT2D eigenvalue weighted by molar-refractivity contribution is 5.71. The minimum absolute atomic E-state index is 0.141. The van der Waals surface area contributed by atoms with Gasteiger partial charge >= 0.3 is 5.97 Å². The van der Waals surface area contributed by atoms with E-state index in [4.69, 9.17) is 18.9 Å². The van der Waals surface area contributed by atoms with Gasteiger partial charge < -0.3 is 24.3 Å². The first-order chi connectivity index (χ1) is 14.1. The van der Waals surface area contributed by atoms with Gasteiger partial charge in [0.25, 0.3) is 11.4 Å². The average Bonchev–Trinajstić information content (AvgIpc) is 2.64. The molecule has 1 N–H and O–H groups in total. The van der Waals surface area contributed by atoms with Crippen molar-refractivity contribution in [2.75, 3.05) is 51.5 Å². The van der Waals surface area contributed by atoms with Gasteiger partial charge in [-0.1, -0.05) is 0 Å². The molecule has 0 spiro atoms. The van der Waals surface area contributed by atoms with Crippen LogP contribution in [0.25, 0.3) is 0 Å². The highest BCUT2D eigenvalue weighted by Crippen LogP contribution is 2.28. The first-order valence-electron chi connectivity index (χ1n) is 9.22. The number of non-ortho nitro benzene ring substituents is 1. The largest absolute Gasteiger partial charge is 0.458 e. The molecule has 12 nitrogen and oxygen atoms in total. The second kappa shape index (κ2) is 12.7. The Kier molecular flexibility index (Phi) is 10.6. The maximum atomic E-state index is 11.4. The Hall–Kier alpha value is -2.83. The summed E-state index contributed by atoms with van der Waals surface area (Å²) in [7, 11) is 0. The molecule has 0 amide bonds. The van der Waals surface area contributed by atoms with E-state index in [0.717, 1.165) is 6.07 Å². The lowest BCUT2D eigenvalue weighted by Gasteiger charge is -2.19. The Bertz CT molecular complexity index is 719. The van der Waals surface area contributed by atoms with Crippen molar-refractivity contribution < 1.29 is 33.6 Å². The molecular formula is C18H27N3O9. The van der Waals surface area contributed by atoms with Crippen molar-refractivity contribution in [1.29, 1.82) is 0 Å². The van der Waals surface area contributed by atoms with Crippen LogP contribution in [0.2, 0.25) is 0 Å². The number of benzene rings is 1. The van der Waals surface area contributed by atoms with Crippen molar-refractivity contribution in [3.63, 3.8) is 0 Å². The number of nitro groups is 2. The summed E-state index contributed by atoms with van der Waals surface area (Å²) < 4.78 is 20.9. The number of hydrogen-bond donors (Lipinski definition) is 1. The Morgan fingerprint density at radius 3 is 2.13 bits per heavy atom. The number of hydrogen-bond acceptors (Lipinski definition) is 10. The number of anilines is 1. The standard InChI is InChI=1S/C18H27N3O9/c1-18(2,3)30-17(22)13-29-11-10-28-9-8-27-7-6-19-15-5-4-14(20(23)24)12-16(15)21(25)26/h4-5,12,19H,6-11,13H2,1-3H3. The van der Waals surface area contributed by atoms with Crippen LogP contribution in [0.3, 0.4) is 0 Å². The second-order valence-corrected chi connectivity index (χ2v) is 7.01. The Balaban J connectivity index is 2.11. The Labute approximate surface area is 173 Å². The summed E-state index contributed by atoms with van der Waals surface area (Å²) in [4.78, 5) is 31.8. The van der Waals surface area contributed by atoms with Crippen LogP contribution in [0.4, 0.5) is 17.1 Å². The van der Waals surface area contributed by atoms with Crippen molar-refractivity contribution in [1.82, 2.24) is 0 Å². The normalized spacial score (nSPS) is 11.2. The summed E-state index contributed by atoms with van der Waals surface area (Å²) in [5, 5.41) is 24.6. The predicted octanol–water partition coefficient (Wildman–Crippen LogP) is 2.31. The monoisotopic (exact) mass is 429 g/mol. The lowest BCUT2D eigenvalue weighted by Crippen LogP contribution is -2.27. The molecule has 1 aromatic rings. The molecule has 30 heavy (non-hydrogen) atoms. The number of esters is 1. The smallest absolute Gasteiger partial charge is 0.332 e. The number of nitrogens with one attached hydrogen (secondary N) is 1. The number of ether oxygens (including phenoxy) is 4. The van der Waals surface area contributed by atoms with E-state index in [1.807, 2.05) is 0 Å². The highest BCUT2D eigenvalue weighted by atomic mass is 16.6. The fourth-order valence-electron chi connectivity index (χ4n) is 2.16. The molecule has 0 bridgehead atoms. The van der Waals surface area contributed by atoms with Gasteiger partial charge in [-0.2, -0.15) is 0 Å². The minimum Gasteiger partial charge on any atom is -0.458 e. The van der Waals surface area contributed by atoms with Crippen LogP contribution in [0, 0.1) is 20.2 Å². The predicted molar refractivity (Wildman–Crippen MR) is 107 cm³/mol. The number of carbonyl (C=O) groups excluding carboxylic acids is 1. The van der Waals surface area contributed by atoms with Crippen LogP contribution in [0.5, 0.6) is 0 Å². The fraction of sp³-hybridized carbons (Fsp3) is 0.611. The van der Waals surface area contributed by atoms with Crippen molar-refractivity contribution in [2.24, 2.45) is 0 Å². The molecule has 0 fully saturated rings. The quantitative estimate of drug-likeness (QED) is 0.202. The SMILES string of the molecule is CC(C)(C)OC(=O)COCCOCCOCCNc1ccc([N+](=O)[O-])cc1[N+](=O)[O-]. The van der Waals surface area contributed by atoms with Crippen LogP contribution in [0.15, 0.2) is 18.2 Å². The third-order valence-electron chi connectivity index (χ3n) is 3.33. The molecule has 168 valence electrons. The molecule has 0 saturated carbocycles. The average molecular weight is 429 g/mol. The van der Waals surface area contributed by atoms with Gasteiger partial charge in [0.1, 0.15) is 17.9 Å². The first-order valence-corrected chi connectivity index (χ1v) is 9.22. The minimum atomic E-state index is -0.692. The molecule has 0 saturated heterocycles. The number of nitro benzene ring substituents is 2. The topological polar surface area (TPSA) is 152 Å². The molecule has 0 unspecified atom stereocenters. The van der Waals surface area contributed by atoms with Crippen LogP contribution in [-0.4, -0.2) is 67.6 Å². The molecule has 0 aromatic heterocycles. The molecule has 0 aliphatic carbocycles. The van der Waals surface area contributed by atoms with Crippen molar-refractivity contribution >= 4 is 23.0 Å². The molecular weight excluding hydrogens is 402 g/mol. The summed E-state index contributed by atoms with van der Waals surface area (Å²) in [5.41, 5.74) is -1.10. The molecule has 0 radical (unpaired) electrons. The zero-order valence-corrected chi connectivity index (χ0v) is 17.3. The van der Waals surface area contributed by atoms with Gasteiger partial charge in [-0.05, 0) is 26.8 Å². The lowest BCUT2D eigenvalue weighted by atomic mass is 10.2. The summed E-state index contributed by atoms with van der Waals surface area (Å²) in [6.45, 7) is 6.86. The van der Waals surface area contributed by atoms with Gasteiger partial charge in [0.15, 0.2) is 0 Å². The summed E-state index contributed by atoms with van der Waals surface area (Å²) in [5.74, 6) is -0.438. The second-order valence-electron chi connectivity index (χ2n) is 7.01. The van der Waals surface area contributed by atoms with Gasteiger partial charge in [-0.15, -0.1) is 0 Å². The zero-order chi connectivity index (χ0) is 22.6. The molecule has 1 rings (SSSR count). The highest BCUT2D eigenvalue weighted by Gasteiger charge is 2.19. The van der Waals surface area contributed by atoms with Crippen LogP contribution in [0.1, 0.15) is 20.8 Å². The van der Waals surface area contributed by atoms with E-state index >= 15 is 0 Å². The first kappa shape index (κ1) is 25.2. The molecule has 0 aliphatic rings. The van der Waals surface area contributed by atoms with Crippen LogP contribution in [-0.2, 0) is 23.7 Å². The van der Waals surface area contributed by atoms with Gasteiger partial charge in [0.05, 0.1) is 48.9 Å². The van der Waals surface area contributed by atoms with E-state index in [9.17, 15) is 25.0 Å². The zero-order valence-electron chi connectivity index (χ0n) is 17.3. The molecule has 0 aliphatic heterocycles. The van der Waals surface area contributed by atoms with Crippen molar-refractivity contribution in [3.8, 4) is 0 Å². The summed E-state index contributed by atoms with van der Waals surface area (Å²) >= 11 is 0. The number of carbonyl (C=O) groups is 1. The van der Waals surface area contributed by atoms with Gasteiger partial charge in [-0.3, -0.25) is 20.2 Å². The maximum Gasteiger partial charge on any atom is 0.332 e. The van der Waals surface area contributed by atoms with Gasteiger partial charge in [-0.25, -0.2) is 4.79 Å². The van der Waals surface area contributed by atoms with Crippen LogP contribution < -0.4 is 5.32 Å². The van der Waals surface area contributed by atoms with E-state index in [1.165, 1.54) is 12.1 Å². The van der Waals surface area contributed by atoms with E-state index in [1.54, 1.807) is 20.8 Å². The van der Waals surface area contributed by atoms with Crippen LogP contribution >= 0.6 is 0 Å². The summed E-state index contributed by atoms with van der Waals surface area (Å²) in [6, 6.07) is 3.38.